The van der Waals surface area contributed by atoms with E-state index < -0.39 is 0 Å². The van der Waals surface area contributed by atoms with Crippen molar-refractivity contribution in [2.24, 2.45) is 0 Å². The highest BCUT2D eigenvalue weighted by atomic mass is 16.2. The van der Waals surface area contributed by atoms with Crippen LogP contribution in [0.2, 0.25) is 0 Å². The van der Waals surface area contributed by atoms with Gasteiger partial charge in [0, 0.05) is 48.3 Å². The summed E-state index contributed by atoms with van der Waals surface area (Å²) in [7, 11) is 0. The Bertz CT molecular complexity index is 1640. The standard InChI is InChI=1S/C32H29N5O2/c1-22-9-11-24(12-10-22)31(38)35-26-14-13-25-19-37(16-15-36(30(25)17-26)20-27-18-33-21-34-27)32(39)29-8-4-6-23-5-2-3-7-28(23)29/h2-14,17-18,21H,15-16,19-20H2,1H3,(H,33,34)(H,35,38). The molecule has 0 fully saturated rings. The predicted octanol–water partition coefficient (Wildman–Crippen LogP) is 5.79. The second kappa shape index (κ2) is 10.5. The lowest BCUT2D eigenvalue weighted by Gasteiger charge is -2.25. The van der Waals surface area contributed by atoms with Crippen LogP contribution in [0.5, 0.6) is 0 Å². The summed E-state index contributed by atoms with van der Waals surface area (Å²) < 4.78 is 0. The first-order valence-electron chi connectivity index (χ1n) is 13.1. The van der Waals surface area contributed by atoms with E-state index in [1.54, 1.807) is 6.33 Å². The van der Waals surface area contributed by atoms with Gasteiger partial charge >= 0.3 is 0 Å². The number of anilines is 2. The Kier molecular flexibility index (Phi) is 6.55. The Morgan fingerprint density at radius 2 is 1.77 bits per heavy atom. The molecule has 2 N–H and O–H groups in total. The van der Waals surface area contributed by atoms with Gasteiger partial charge in [-0.15, -0.1) is 0 Å². The molecule has 5 aromatic rings. The fourth-order valence-corrected chi connectivity index (χ4v) is 5.12. The number of nitrogens with one attached hydrogen (secondary N) is 2. The number of amides is 2. The first-order valence-corrected chi connectivity index (χ1v) is 13.1. The number of benzene rings is 4. The first-order chi connectivity index (χ1) is 19.0. The number of fused-ring (bicyclic) bond motifs is 2. The van der Waals surface area contributed by atoms with Gasteiger partial charge in [0.2, 0.25) is 0 Å². The van der Waals surface area contributed by atoms with Crippen LogP contribution >= 0.6 is 0 Å². The van der Waals surface area contributed by atoms with E-state index in [-0.39, 0.29) is 11.8 Å². The number of aromatic nitrogens is 2. The average Bonchev–Trinajstić information content (AvgIpc) is 3.41. The Morgan fingerprint density at radius 3 is 2.59 bits per heavy atom. The SMILES string of the molecule is Cc1ccc(C(=O)Nc2ccc3c(c2)N(Cc2cnc[nH]2)CCN(C(=O)c2cccc4ccccc24)C3)cc1. The molecule has 7 nitrogen and oxygen atoms in total. The number of H-pyrrole nitrogens is 1. The zero-order chi connectivity index (χ0) is 26.8. The third kappa shape index (κ3) is 5.11. The summed E-state index contributed by atoms with van der Waals surface area (Å²) in [6.07, 6.45) is 3.48. The summed E-state index contributed by atoms with van der Waals surface area (Å²) in [5.74, 6) is -0.144. The Morgan fingerprint density at radius 1 is 0.949 bits per heavy atom. The Balaban J connectivity index is 1.31. The minimum atomic E-state index is -0.156. The molecule has 4 aromatic carbocycles. The van der Waals surface area contributed by atoms with Gasteiger partial charge in [0.1, 0.15) is 0 Å². The number of aromatic amines is 1. The maximum absolute atomic E-state index is 13.8. The number of hydrogen-bond donors (Lipinski definition) is 2. The first kappa shape index (κ1) is 24.4. The predicted molar refractivity (Wildman–Crippen MR) is 154 cm³/mol. The van der Waals surface area contributed by atoms with E-state index in [1.165, 1.54) is 0 Å². The number of nitrogens with zero attached hydrogens (tertiary/aromatic N) is 3. The van der Waals surface area contributed by atoms with Crippen LogP contribution in [0.1, 0.15) is 37.5 Å². The molecular weight excluding hydrogens is 486 g/mol. The van der Waals surface area contributed by atoms with Crippen molar-refractivity contribution in [2.45, 2.75) is 20.0 Å². The zero-order valence-electron chi connectivity index (χ0n) is 21.7. The van der Waals surface area contributed by atoms with E-state index >= 15 is 0 Å². The number of rotatable bonds is 5. The number of aryl methyl sites for hydroxylation is 1. The molecule has 1 aliphatic rings. The summed E-state index contributed by atoms with van der Waals surface area (Å²) >= 11 is 0. The summed E-state index contributed by atoms with van der Waals surface area (Å²) in [5, 5.41) is 5.05. The Hall–Kier alpha value is -4.91. The summed E-state index contributed by atoms with van der Waals surface area (Å²) in [4.78, 5) is 38.2. The minimum absolute atomic E-state index is 0.0119. The van der Waals surface area contributed by atoms with Gasteiger partial charge in [0.15, 0.2) is 0 Å². The van der Waals surface area contributed by atoms with E-state index in [4.69, 9.17) is 0 Å². The molecule has 0 spiro atoms. The molecule has 2 amide bonds. The van der Waals surface area contributed by atoms with Crippen molar-refractivity contribution in [3.8, 4) is 0 Å². The lowest BCUT2D eigenvalue weighted by atomic mass is 10.0. The van der Waals surface area contributed by atoms with Crippen LogP contribution in [0, 0.1) is 6.92 Å². The van der Waals surface area contributed by atoms with Crippen molar-refractivity contribution < 1.29 is 9.59 Å². The maximum atomic E-state index is 13.8. The Labute approximate surface area is 227 Å². The normalized spacial score (nSPS) is 13.2. The number of hydrogen-bond acceptors (Lipinski definition) is 4. The molecule has 1 aromatic heterocycles. The molecule has 0 aliphatic carbocycles. The van der Waals surface area contributed by atoms with Crippen LogP contribution in [-0.4, -0.2) is 39.8 Å². The quantitative estimate of drug-likeness (QED) is 0.311. The van der Waals surface area contributed by atoms with Crippen molar-refractivity contribution in [2.75, 3.05) is 23.3 Å². The largest absolute Gasteiger partial charge is 0.364 e. The summed E-state index contributed by atoms with van der Waals surface area (Å²) in [6, 6.07) is 27.3. The third-order valence-corrected chi connectivity index (χ3v) is 7.22. The molecule has 1 aliphatic heterocycles. The maximum Gasteiger partial charge on any atom is 0.255 e. The molecule has 6 rings (SSSR count). The van der Waals surface area contributed by atoms with Gasteiger partial charge in [-0.2, -0.15) is 0 Å². The van der Waals surface area contributed by atoms with Gasteiger partial charge in [-0.3, -0.25) is 9.59 Å². The van der Waals surface area contributed by atoms with Crippen molar-refractivity contribution in [3.05, 3.63) is 125 Å². The van der Waals surface area contributed by atoms with Crippen LogP contribution < -0.4 is 10.2 Å². The second-order valence-electron chi connectivity index (χ2n) is 9.92. The van der Waals surface area contributed by atoms with Crippen LogP contribution in [0.4, 0.5) is 11.4 Å². The fourth-order valence-electron chi connectivity index (χ4n) is 5.12. The third-order valence-electron chi connectivity index (χ3n) is 7.22. The van der Waals surface area contributed by atoms with Gasteiger partial charge in [-0.05, 0) is 53.6 Å². The summed E-state index contributed by atoms with van der Waals surface area (Å²) in [6.45, 7) is 4.28. The number of carbonyl (C=O) groups is 2. The van der Waals surface area contributed by atoms with Gasteiger partial charge in [-0.1, -0.05) is 60.2 Å². The molecule has 0 unspecified atom stereocenters. The highest BCUT2D eigenvalue weighted by Gasteiger charge is 2.25. The highest BCUT2D eigenvalue weighted by Crippen LogP contribution is 2.31. The summed E-state index contributed by atoms with van der Waals surface area (Å²) in [5.41, 5.74) is 6.11. The van der Waals surface area contributed by atoms with E-state index in [0.29, 0.717) is 43.0 Å². The van der Waals surface area contributed by atoms with Crippen molar-refractivity contribution in [1.82, 2.24) is 14.9 Å². The molecular formula is C32H29N5O2. The zero-order valence-corrected chi connectivity index (χ0v) is 21.7. The second-order valence-corrected chi connectivity index (χ2v) is 9.92. The van der Waals surface area contributed by atoms with Crippen LogP contribution in [0.25, 0.3) is 10.8 Å². The van der Waals surface area contributed by atoms with Gasteiger partial charge in [-0.25, -0.2) is 4.98 Å². The highest BCUT2D eigenvalue weighted by molar-refractivity contribution is 6.07. The topological polar surface area (TPSA) is 81.3 Å². The van der Waals surface area contributed by atoms with E-state index in [9.17, 15) is 9.59 Å². The van der Waals surface area contributed by atoms with Gasteiger partial charge in [0.25, 0.3) is 11.8 Å². The average molecular weight is 516 g/mol. The van der Waals surface area contributed by atoms with Crippen molar-refractivity contribution in [3.63, 3.8) is 0 Å². The van der Waals surface area contributed by atoms with Crippen molar-refractivity contribution in [1.29, 1.82) is 0 Å². The van der Waals surface area contributed by atoms with Crippen LogP contribution in [-0.2, 0) is 13.1 Å². The fraction of sp³-hybridized carbons (Fsp3) is 0.156. The minimum Gasteiger partial charge on any atom is -0.364 e. The lowest BCUT2D eigenvalue weighted by Crippen LogP contribution is -2.35. The van der Waals surface area contributed by atoms with Gasteiger partial charge < -0.3 is 20.1 Å². The monoisotopic (exact) mass is 515 g/mol. The molecule has 2 heterocycles. The van der Waals surface area contributed by atoms with Gasteiger partial charge in [0.05, 0.1) is 18.6 Å². The van der Waals surface area contributed by atoms with E-state index in [0.717, 1.165) is 33.3 Å². The molecule has 0 radical (unpaired) electrons. The van der Waals surface area contributed by atoms with E-state index in [1.807, 2.05) is 103 Å². The lowest BCUT2D eigenvalue weighted by molar-refractivity contribution is 0.0753. The van der Waals surface area contributed by atoms with E-state index in [2.05, 4.69) is 20.2 Å². The van der Waals surface area contributed by atoms with Crippen molar-refractivity contribution >= 4 is 34.0 Å². The number of carbonyl (C=O) groups excluding carboxylic acids is 2. The molecule has 0 bridgehead atoms. The number of imidazole rings is 1. The van der Waals surface area contributed by atoms with Crippen LogP contribution in [0.15, 0.2) is 97.5 Å². The smallest absolute Gasteiger partial charge is 0.255 e. The molecule has 0 saturated carbocycles. The molecule has 0 saturated heterocycles. The molecule has 194 valence electrons. The molecule has 0 atom stereocenters. The molecule has 39 heavy (non-hydrogen) atoms. The molecule has 7 heteroatoms. The van der Waals surface area contributed by atoms with Crippen LogP contribution in [0.3, 0.4) is 0 Å².